The molecule has 6 heteroatoms. The van der Waals surface area contributed by atoms with Crippen LogP contribution in [0.15, 0.2) is 35.7 Å². The van der Waals surface area contributed by atoms with E-state index in [-0.39, 0.29) is 5.69 Å². The molecule has 1 heterocycles. The van der Waals surface area contributed by atoms with E-state index in [2.05, 4.69) is 5.32 Å². The molecule has 0 atom stereocenters. The van der Waals surface area contributed by atoms with Crippen LogP contribution in [0.2, 0.25) is 0 Å². The topological polar surface area (TPSA) is 64.4 Å². The van der Waals surface area contributed by atoms with E-state index in [1.807, 2.05) is 24.4 Å². The lowest BCUT2D eigenvalue weighted by molar-refractivity contribution is -0.384. The van der Waals surface area contributed by atoms with Crippen LogP contribution in [0.5, 0.6) is 5.75 Å². The number of rotatable bonds is 7. The first kappa shape index (κ1) is 14.5. The molecule has 0 amide bonds. The Balaban J connectivity index is 2.14. The van der Waals surface area contributed by atoms with Crippen molar-refractivity contribution in [3.8, 4) is 5.75 Å². The lowest BCUT2D eigenvalue weighted by Gasteiger charge is -2.11. The fraction of sp³-hybridized carbons (Fsp3) is 0.286. The molecule has 0 aliphatic heterocycles. The largest absolute Gasteiger partial charge is 0.488 e. The highest BCUT2D eigenvalue weighted by molar-refractivity contribution is 7.09. The number of nitrogens with one attached hydrogen (secondary N) is 1. The number of hydrogen-bond donors (Lipinski definition) is 1. The summed E-state index contributed by atoms with van der Waals surface area (Å²) < 4.78 is 5.76. The highest BCUT2D eigenvalue weighted by Gasteiger charge is 2.11. The lowest BCUT2D eigenvalue weighted by Crippen LogP contribution is -2.13. The van der Waals surface area contributed by atoms with Crippen LogP contribution < -0.4 is 10.1 Å². The van der Waals surface area contributed by atoms with Crippen molar-refractivity contribution >= 4 is 17.0 Å². The summed E-state index contributed by atoms with van der Waals surface area (Å²) >= 11 is 1.63. The average molecular weight is 292 g/mol. The summed E-state index contributed by atoms with van der Waals surface area (Å²) in [5.41, 5.74) is 0.888. The van der Waals surface area contributed by atoms with Crippen LogP contribution in [-0.2, 0) is 13.2 Å². The lowest BCUT2D eigenvalue weighted by atomic mass is 10.1. The summed E-state index contributed by atoms with van der Waals surface area (Å²) in [5, 5.41) is 16.0. The molecule has 5 nitrogen and oxygen atoms in total. The molecule has 1 aromatic carbocycles. The van der Waals surface area contributed by atoms with Crippen LogP contribution in [-0.4, -0.2) is 11.5 Å². The zero-order valence-corrected chi connectivity index (χ0v) is 12.0. The molecule has 0 saturated heterocycles. The van der Waals surface area contributed by atoms with Gasteiger partial charge in [0, 0.05) is 29.1 Å². The smallest absolute Gasteiger partial charge is 0.270 e. The molecule has 106 valence electrons. The van der Waals surface area contributed by atoms with Crippen molar-refractivity contribution in [2.45, 2.75) is 20.1 Å². The Morgan fingerprint density at radius 1 is 1.40 bits per heavy atom. The van der Waals surface area contributed by atoms with E-state index in [4.69, 9.17) is 4.74 Å². The molecule has 0 aliphatic rings. The van der Waals surface area contributed by atoms with Gasteiger partial charge in [0.05, 0.1) is 4.92 Å². The number of non-ortho nitro benzene ring substituents is 1. The highest BCUT2D eigenvalue weighted by atomic mass is 32.1. The molecule has 2 rings (SSSR count). The summed E-state index contributed by atoms with van der Waals surface area (Å²) in [6.45, 7) is 3.82. The van der Waals surface area contributed by atoms with Gasteiger partial charge in [-0.05, 0) is 24.1 Å². The maximum absolute atomic E-state index is 10.8. The fourth-order valence-corrected chi connectivity index (χ4v) is 2.38. The van der Waals surface area contributed by atoms with Gasteiger partial charge in [-0.1, -0.05) is 13.0 Å². The quantitative estimate of drug-likeness (QED) is 0.628. The molecule has 0 fully saturated rings. The number of hydrogen-bond acceptors (Lipinski definition) is 5. The Morgan fingerprint density at radius 2 is 2.25 bits per heavy atom. The molecule has 0 spiro atoms. The zero-order chi connectivity index (χ0) is 14.4. The minimum atomic E-state index is -0.390. The first-order valence-corrected chi connectivity index (χ1v) is 7.22. The first-order chi connectivity index (χ1) is 9.70. The van der Waals surface area contributed by atoms with Crippen molar-refractivity contribution in [2.24, 2.45) is 0 Å². The third-order valence-electron chi connectivity index (χ3n) is 2.77. The van der Waals surface area contributed by atoms with Gasteiger partial charge in [0.2, 0.25) is 0 Å². The standard InChI is InChI=1S/C14H16N2O3S/c1-2-15-9-11-8-12(16(17)18)5-6-14(11)19-10-13-4-3-7-20-13/h3-8,15H,2,9-10H2,1H3. The summed E-state index contributed by atoms with van der Waals surface area (Å²) in [6, 6.07) is 8.67. The Morgan fingerprint density at radius 3 is 2.90 bits per heavy atom. The van der Waals surface area contributed by atoms with E-state index in [1.54, 1.807) is 23.5 Å². The summed E-state index contributed by atoms with van der Waals surface area (Å²) in [7, 11) is 0. The van der Waals surface area contributed by atoms with Crippen LogP contribution >= 0.6 is 11.3 Å². The van der Waals surface area contributed by atoms with E-state index in [0.717, 1.165) is 17.0 Å². The van der Waals surface area contributed by atoms with Gasteiger partial charge >= 0.3 is 0 Å². The normalized spacial score (nSPS) is 10.4. The molecular weight excluding hydrogens is 276 g/mol. The zero-order valence-electron chi connectivity index (χ0n) is 11.2. The number of nitro groups is 1. The van der Waals surface area contributed by atoms with Gasteiger partial charge in [-0.15, -0.1) is 11.3 Å². The maximum atomic E-state index is 10.8. The van der Waals surface area contributed by atoms with Crippen LogP contribution in [0.4, 0.5) is 5.69 Å². The predicted molar refractivity (Wildman–Crippen MR) is 79.1 cm³/mol. The minimum Gasteiger partial charge on any atom is -0.488 e. The molecule has 0 unspecified atom stereocenters. The number of nitro benzene ring substituents is 1. The van der Waals surface area contributed by atoms with Crippen LogP contribution in [0.1, 0.15) is 17.4 Å². The van der Waals surface area contributed by atoms with E-state index < -0.39 is 4.92 Å². The number of nitrogens with zero attached hydrogens (tertiary/aromatic N) is 1. The predicted octanol–water partition coefficient (Wildman–Crippen LogP) is 3.34. The van der Waals surface area contributed by atoms with Gasteiger partial charge in [-0.3, -0.25) is 10.1 Å². The molecular formula is C14H16N2O3S. The number of thiophene rings is 1. The molecule has 0 bridgehead atoms. The third kappa shape index (κ3) is 3.79. The number of benzene rings is 1. The second-order valence-electron chi connectivity index (χ2n) is 4.20. The second-order valence-corrected chi connectivity index (χ2v) is 5.23. The van der Waals surface area contributed by atoms with E-state index in [1.165, 1.54) is 6.07 Å². The van der Waals surface area contributed by atoms with Gasteiger partial charge < -0.3 is 10.1 Å². The molecule has 1 aromatic heterocycles. The van der Waals surface area contributed by atoms with E-state index in [9.17, 15) is 10.1 Å². The Bertz CT molecular complexity index is 570. The Labute approximate surface area is 121 Å². The van der Waals surface area contributed by atoms with Gasteiger partial charge in [0.15, 0.2) is 0 Å². The van der Waals surface area contributed by atoms with Crippen molar-refractivity contribution in [2.75, 3.05) is 6.54 Å². The van der Waals surface area contributed by atoms with Crippen molar-refractivity contribution in [1.82, 2.24) is 5.32 Å². The molecule has 0 aliphatic carbocycles. The summed E-state index contributed by atoms with van der Waals surface area (Å²) in [5.74, 6) is 0.685. The van der Waals surface area contributed by atoms with Gasteiger partial charge in [0.25, 0.3) is 5.69 Å². The molecule has 20 heavy (non-hydrogen) atoms. The van der Waals surface area contributed by atoms with Gasteiger partial charge in [0.1, 0.15) is 12.4 Å². The van der Waals surface area contributed by atoms with Crippen LogP contribution in [0.3, 0.4) is 0 Å². The monoisotopic (exact) mass is 292 g/mol. The van der Waals surface area contributed by atoms with Crippen LogP contribution in [0.25, 0.3) is 0 Å². The molecule has 1 N–H and O–H groups in total. The molecule has 0 radical (unpaired) electrons. The van der Waals surface area contributed by atoms with Crippen molar-refractivity contribution in [1.29, 1.82) is 0 Å². The van der Waals surface area contributed by atoms with Crippen molar-refractivity contribution < 1.29 is 9.66 Å². The SMILES string of the molecule is CCNCc1cc([N+](=O)[O-])ccc1OCc1cccs1. The van der Waals surface area contributed by atoms with Gasteiger partial charge in [-0.2, -0.15) is 0 Å². The third-order valence-corrected chi connectivity index (χ3v) is 3.62. The molecule has 2 aromatic rings. The Kier molecular flexibility index (Phi) is 5.09. The highest BCUT2D eigenvalue weighted by Crippen LogP contribution is 2.25. The van der Waals surface area contributed by atoms with Crippen molar-refractivity contribution in [3.63, 3.8) is 0 Å². The summed E-state index contributed by atoms with van der Waals surface area (Å²) in [6.07, 6.45) is 0. The fourth-order valence-electron chi connectivity index (χ4n) is 1.76. The van der Waals surface area contributed by atoms with Crippen molar-refractivity contribution in [3.05, 3.63) is 56.3 Å². The Hall–Kier alpha value is -1.92. The average Bonchev–Trinajstić information content (AvgIpc) is 2.96. The number of ether oxygens (including phenoxy) is 1. The molecule has 0 saturated carbocycles. The van der Waals surface area contributed by atoms with E-state index >= 15 is 0 Å². The minimum absolute atomic E-state index is 0.0846. The van der Waals surface area contributed by atoms with Gasteiger partial charge in [-0.25, -0.2) is 0 Å². The summed E-state index contributed by atoms with van der Waals surface area (Å²) in [4.78, 5) is 11.6. The van der Waals surface area contributed by atoms with Crippen LogP contribution in [0, 0.1) is 10.1 Å². The first-order valence-electron chi connectivity index (χ1n) is 6.34. The second kappa shape index (κ2) is 7.02. The maximum Gasteiger partial charge on any atom is 0.270 e. The van der Waals surface area contributed by atoms with E-state index in [0.29, 0.717) is 18.9 Å².